The molecule has 1 amide bonds. The Kier molecular flexibility index (Phi) is 3.58. The standard InChI is InChI=1S/C14H14BrN3O2/c15-9-1-2-10-11(7-9)17-4-3-12(10)18-5-6-20-13(8-18)14(16)19/h1-4,7,13H,5-6,8H2,(H2,16,19). The van der Waals surface area contributed by atoms with Crippen molar-refractivity contribution in [1.29, 1.82) is 0 Å². The number of pyridine rings is 1. The molecule has 104 valence electrons. The summed E-state index contributed by atoms with van der Waals surface area (Å²) in [7, 11) is 0. The van der Waals surface area contributed by atoms with Crippen LogP contribution in [0.5, 0.6) is 0 Å². The van der Waals surface area contributed by atoms with Gasteiger partial charge >= 0.3 is 0 Å². The van der Waals surface area contributed by atoms with Crippen LogP contribution in [0.25, 0.3) is 10.9 Å². The zero-order valence-electron chi connectivity index (χ0n) is 10.8. The summed E-state index contributed by atoms with van der Waals surface area (Å²) < 4.78 is 6.38. The number of rotatable bonds is 2. The molecule has 5 nitrogen and oxygen atoms in total. The van der Waals surface area contributed by atoms with Crippen LogP contribution in [0.1, 0.15) is 0 Å². The van der Waals surface area contributed by atoms with Crippen molar-refractivity contribution < 1.29 is 9.53 Å². The molecular formula is C14H14BrN3O2. The highest BCUT2D eigenvalue weighted by Crippen LogP contribution is 2.28. The van der Waals surface area contributed by atoms with Crippen LogP contribution in [0, 0.1) is 0 Å². The molecule has 1 fully saturated rings. The summed E-state index contributed by atoms with van der Waals surface area (Å²) in [4.78, 5) is 17.8. The topological polar surface area (TPSA) is 68.5 Å². The van der Waals surface area contributed by atoms with Gasteiger partial charge < -0.3 is 15.4 Å². The normalized spacial score (nSPS) is 19.2. The summed E-state index contributed by atoms with van der Waals surface area (Å²) in [5, 5.41) is 1.06. The predicted molar refractivity (Wildman–Crippen MR) is 80.6 cm³/mol. The smallest absolute Gasteiger partial charge is 0.248 e. The Morgan fingerprint density at radius 3 is 3.10 bits per heavy atom. The van der Waals surface area contributed by atoms with E-state index in [1.165, 1.54) is 0 Å². The molecule has 20 heavy (non-hydrogen) atoms. The highest BCUT2D eigenvalue weighted by atomic mass is 79.9. The van der Waals surface area contributed by atoms with Gasteiger partial charge in [0.05, 0.1) is 18.7 Å². The molecule has 6 heteroatoms. The quantitative estimate of drug-likeness (QED) is 0.906. The van der Waals surface area contributed by atoms with Gasteiger partial charge in [0.25, 0.3) is 0 Å². The van der Waals surface area contributed by atoms with Crippen molar-refractivity contribution in [2.45, 2.75) is 6.10 Å². The number of halogens is 1. The number of primary amides is 1. The molecule has 2 aromatic rings. The van der Waals surface area contributed by atoms with E-state index in [0.29, 0.717) is 13.2 Å². The van der Waals surface area contributed by atoms with E-state index >= 15 is 0 Å². The molecule has 0 radical (unpaired) electrons. The number of carbonyl (C=O) groups is 1. The van der Waals surface area contributed by atoms with Gasteiger partial charge in [0, 0.05) is 28.3 Å². The Hall–Kier alpha value is -1.66. The molecule has 2 heterocycles. The number of carbonyl (C=O) groups excluding carboxylic acids is 1. The molecule has 0 saturated carbocycles. The van der Waals surface area contributed by atoms with Crippen LogP contribution in [-0.2, 0) is 9.53 Å². The average molecular weight is 336 g/mol. The first-order valence-electron chi connectivity index (χ1n) is 6.35. The van der Waals surface area contributed by atoms with Gasteiger partial charge in [-0.25, -0.2) is 0 Å². The number of fused-ring (bicyclic) bond motifs is 1. The highest BCUT2D eigenvalue weighted by Gasteiger charge is 2.25. The summed E-state index contributed by atoms with van der Waals surface area (Å²) >= 11 is 3.45. The lowest BCUT2D eigenvalue weighted by molar-refractivity contribution is -0.130. The van der Waals surface area contributed by atoms with Crippen molar-refractivity contribution in [3.8, 4) is 0 Å². The van der Waals surface area contributed by atoms with Gasteiger partial charge in [0.15, 0.2) is 6.10 Å². The van der Waals surface area contributed by atoms with Crippen LogP contribution in [0.15, 0.2) is 34.9 Å². The Bertz CT molecular complexity index is 662. The molecule has 1 aliphatic rings. The molecule has 2 N–H and O–H groups in total. The van der Waals surface area contributed by atoms with Crippen LogP contribution in [-0.4, -0.2) is 36.7 Å². The fraction of sp³-hybridized carbons (Fsp3) is 0.286. The first-order chi connectivity index (χ1) is 9.65. The van der Waals surface area contributed by atoms with Crippen LogP contribution in [0.3, 0.4) is 0 Å². The van der Waals surface area contributed by atoms with Gasteiger partial charge in [0.1, 0.15) is 0 Å². The van der Waals surface area contributed by atoms with Crippen LogP contribution >= 0.6 is 15.9 Å². The van der Waals surface area contributed by atoms with Gasteiger partial charge in [-0.15, -0.1) is 0 Å². The first-order valence-corrected chi connectivity index (χ1v) is 7.14. The van der Waals surface area contributed by atoms with Gasteiger partial charge in [-0.3, -0.25) is 9.78 Å². The minimum Gasteiger partial charge on any atom is -0.367 e. The van der Waals surface area contributed by atoms with Crippen LogP contribution in [0.2, 0.25) is 0 Å². The number of anilines is 1. The number of morpholine rings is 1. The van der Waals surface area contributed by atoms with E-state index in [9.17, 15) is 4.79 Å². The lowest BCUT2D eigenvalue weighted by Gasteiger charge is -2.33. The van der Waals surface area contributed by atoms with Crippen molar-refractivity contribution in [2.24, 2.45) is 5.73 Å². The Balaban J connectivity index is 1.99. The second-order valence-corrected chi connectivity index (χ2v) is 5.62. The predicted octanol–water partition coefficient (Wildman–Crippen LogP) is 1.69. The third-order valence-corrected chi connectivity index (χ3v) is 3.90. The van der Waals surface area contributed by atoms with Crippen molar-refractivity contribution in [2.75, 3.05) is 24.6 Å². The molecule has 1 unspecified atom stereocenters. The first kappa shape index (κ1) is 13.3. The minimum atomic E-state index is -0.553. The second kappa shape index (κ2) is 5.38. The number of benzene rings is 1. The number of nitrogens with zero attached hydrogens (tertiary/aromatic N) is 2. The average Bonchev–Trinajstić information content (AvgIpc) is 2.46. The monoisotopic (exact) mass is 335 g/mol. The molecule has 1 aromatic carbocycles. The van der Waals surface area contributed by atoms with Gasteiger partial charge in [0.2, 0.25) is 5.91 Å². The summed E-state index contributed by atoms with van der Waals surface area (Å²) in [5.41, 5.74) is 7.30. The summed E-state index contributed by atoms with van der Waals surface area (Å²) in [6.07, 6.45) is 1.22. The van der Waals surface area contributed by atoms with E-state index in [0.717, 1.165) is 27.6 Å². The lowest BCUT2D eigenvalue weighted by Crippen LogP contribution is -2.48. The van der Waals surface area contributed by atoms with Gasteiger partial charge in [-0.2, -0.15) is 0 Å². The number of ether oxygens (including phenoxy) is 1. The summed E-state index contributed by atoms with van der Waals surface area (Å²) in [6.45, 7) is 1.71. The molecule has 1 aromatic heterocycles. The SMILES string of the molecule is NC(=O)C1CN(c2ccnc3cc(Br)ccc23)CCO1. The Morgan fingerprint density at radius 1 is 1.45 bits per heavy atom. The van der Waals surface area contributed by atoms with Gasteiger partial charge in [-0.1, -0.05) is 15.9 Å². The van der Waals surface area contributed by atoms with Crippen LogP contribution in [0.4, 0.5) is 5.69 Å². The largest absolute Gasteiger partial charge is 0.367 e. The summed E-state index contributed by atoms with van der Waals surface area (Å²) in [5.74, 6) is -0.421. The highest BCUT2D eigenvalue weighted by molar-refractivity contribution is 9.10. The number of aromatic nitrogens is 1. The zero-order chi connectivity index (χ0) is 14.1. The lowest BCUT2D eigenvalue weighted by atomic mass is 10.1. The second-order valence-electron chi connectivity index (χ2n) is 4.70. The Labute approximate surface area is 124 Å². The van der Waals surface area contributed by atoms with Crippen molar-refractivity contribution in [1.82, 2.24) is 4.98 Å². The van der Waals surface area contributed by atoms with E-state index in [1.54, 1.807) is 6.20 Å². The molecule has 3 rings (SSSR count). The third-order valence-electron chi connectivity index (χ3n) is 3.41. The van der Waals surface area contributed by atoms with E-state index in [-0.39, 0.29) is 0 Å². The number of hydrogen-bond acceptors (Lipinski definition) is 4. The van der Waals surface area contributed by atoms with E-state index in [4.69, 9.17) is 10.5 Å². The number of nitrogens with two attached hydrogens (primary N) is 1. The number of amides is 1. The maximum absolute atomic E-state index is 11.3. The van der Waals surface area contributed by atoms with Gasteiger partial charge in [-0.05, 0) is 24.3 Å². The fourth-order valence-corrected chi connectivity index (χ4v) is 2.77. The maximum atomic E-state index is 11.3. The van der Waals surface area contributed by atoms with Crippen molar-refractivity contribution in [3.63, 3.8) is 0 Å². The maximum Gasteiger partial charge on any atom is 0.248 e. The van der Waals surface area contributed by atoms with E-state index in [1.807, 2.05) is 24.3 Å². The third kappa shape index (κ3) is 2.48. The fourth-order valence-electron chi connectivity index (χ4n) is 2.42. The number of hydrogen-bond donors (Lipinski definition) is 1. The van der Waals surface area contributed by atoms with E-state index in [2.05, 4.69) is 25.8 Å². The summed E-state index contributed by atoms with van der Waals surface area (Å²) in [6, 6.07) is 7.94. The molecule has 0 aliphatic carbocycles. The zero-order valence-corrected chi connectivity index (χ0v) is 12.3. The Morgan fingerprint density at radius 2 is 2.30 bits per heavy atom. The van der Waals surface area contributed by atoms with Crippen LogP contribution < -0.4 is 10.6 Å². The molecule has 1 atom stereocenters. The molecule has 0 bridgehead atoms. The minimum absolute atomic E-state index is 0.421. The van der Waals surface area contributed by atoms with Crippen molar-refractivity contribution >= 4 is 38.4 Å². The van der Waals surface area contributed by atoms with E-state index < -0.39 is 12.0 Å². The molecular weight excluding hydrogens is 322 g/mol. The van der Waals surface area contributed by atoms with Crippen molar-refractivity contribution in [3.05, 3.63) is 34.9 Å². The molecule has 1 saturated heterocycles. The molecule has 0 spiro atoms. The molecule has 1 aliphatic heterocycles.